The van der Waals surface area contributed by atoms with Gasteiger partial charge < -0.3 is 4.74 Å². The van der Waals surface area contributed by atoms with Crippen molar-refractivity contribution in [1.29, 1.82) is 0 Å². The fraction of sp³-hybridized carbons (Fsp3) is 0.500. The molecule has 1 fully saturated rings. The lowest BCUT2D eigenvalue weighted by molar-refractivity contribution is 0.414. The van der Waals surface area contributed by atoms with Gasteiger partial charge in [0.15, 0.2) is 0 Å². The normalized spacial score (nSPS) is 21.9. The summed E-state index contributed by atoms with van der Waals surface area (Å²) in [7, 11) is 1.70. The maximum Gasteiger partial charge on any atom is 0.118 e. The second-order valence-electron chi connectivity index (χ2n) is 4.05. The minimum atomic E-state index is 0.843. The molecule has 1 atom stereocenters. The number of hydrogen-bond donors (Lipinski definition) is 0. The summed E-state index contributed by atoms with van der Waals surface area (Å²) < 4.78 is 7.57. The van der Waals surface area contributed by atoms with Crippen LogP contribution >= 0.6 is 11.9 Å². The monoisotopic (exact) mass is 223 g/mol. The van der Waals surface area contributed by atoms with Crippen molar-refractivity contribution in [1.82, 2.24) is 4.31 Å². The summed E-state index contributed by atoms with van der Waals surface area (Å²) in [5.74, 6) is 1.77. The van der Waals surface area contributed by atoms with E-state index in [0.717, 1.165) is 11.7 Å². The predicted molar refractivity (Wildman–Crippen MR) is 64.2 cm³/mol. The molecule has 82 valence electrons. The second kappa shape index (κ2) is 4.90. The number of methoxy groups -OCH3 is 1. The summed E-state index contributed by atoms with van der Waals surface area (Å²) in [6.45, 7) is 4.73. The number of rotatable bonds is 3. The smallest absolute Gasteiger partial charge is 0.118 e. The molecule has 2 nitrogen and oxygen atoms in total. The number of nitrogens with zero attached hydrogens (tertiary/aromatic N) is 1. The third kappa shape index (κ3) is 2.89. The molecule has 0 spiro atoms. The van der Waals surface area contributed by atoms with E-state index in [1.54, 1.807) is 7.11 Å². The largest absolute Gasteiger partial charge is 0.497 e. The Morgan fingerprint density at radius 1 is 1.33 bits per heavy atom. The molecule has 0 amide bonds. The van der Waals surface area contributed by atoms with E-state index in [1.165, 1.54) is 24.4 Å². The van der Waals surface area contributed by atoms with E-state index in [9.17, 15) is 0 Å². The Kier molecular flexibility index (Phi) is 3.54. The molecule has 2 rings (SSSR count). The zero-order chi connectivity index (χ0) is 10.7. The van der Waals surface area contributed by atoms with E-state index in [2.05, 4.69) is 23.4 Å². The van der Waals surface area contributed by atoms with Crippen molar-refractivity contribution in [3.63, 3.8) is 0 Å². The van der Waals surface area contributed by atoms with Crippen LogP contribution in [0.15, 0.2) is 29.2 Å². The number of benzene rings is 1. The van der Waals surface area contributed by atoms with Crippen LogP contribution in [0.4, 0.5) is 0 Å². The topological polar surface area (TPSA) is 12.5 Å². The minimum absolute atomic E-state index is 0.843. The van der Waals surface area contributed by atoms with Crippen molar-refractivity contribution < 1.29 is 4.74 Å². The number of ether oxygens (including phenoxy) is 1. The van der Waals surface area contributed by atoms with Gasteiger partial charge in [-0.15, -0.1) is 0 Å². The van der Waals surface area contributed by atoms with Crippen LogP contribution in [0.3, 0.4) is 0 Å². The molecular formula is C12H17NOS. The Bertz CT molecular complexity index is 312. The van der Waals surface area contributed by atoms with Gasteiger partial charge in [0.25, 0.3) is 0 Å². The molecule has 1 aliphatic heterocycles. The molecule has 1 saturated heterocycles. The minimum Gasteiger partial charge on any atom is -0.497 e. The standard InChI is InChI=1S/C12H17NOS/c1-10-7-8-13(9-10)15-12-5-3-11(14-2)4-6-12/h3-6,10H,7-9H2,1-2H3. The van der Waals surface area contributed by atoms with Gasteiger partial charge in [0.05, 0.1) is 7.11 Å². The molecule has 1 unspecified atom stereocenters. The molecule has 1 heterocycles. The molecule has 0 aromatic heterocycles. The van der Waals surface area contributed by atoms with Crippen LogP contribution in [0.1, 0.15) is 13.3 Å². The molecule has 1 aromatic carbocycles. The Morgan fingerprint density at radius 2 is 2.07 bits per heavy atom. The third-order valence-corrected chi connectivity index (χ3v) is 3.75. The SMILES string of the molecule is COc1ccc(SN2CCC(C)C2)cc1. The van der Waals surface area contributed by atoms with Gasteiger partial charge in [-0.05, 0) is 48.6 Å². The van der Waals surface area contributed by atoms with Crippen molar-refractivity contribution >= 4 is 11.9 Å². The average molecular weight is 223 g/mol. The fourth-order valence-electron chi connectivity index (χ4n) is 1.76. The van der Waals surface area contributed by atoms with Gasteiger partial charge in [0, 0.05) is 18.0 Å². The van der Waals surface area contributed by atoms with E-state index in [4.69, 9.17) is 4.74 Å². The van der Waals surface area contributed by atoms with Gasteiger partial charge in [0.1, 0.15) is 5.75 Å². The van der Waals surface area contributed by atoms with E-state index < -0.39 is 0 Å². The molecule has 0 bridgehead atoms. The lowest BCUT2D eigenvalue weighted by Crippen LogP contribution is -2.10. The van der Waals surface area contributed by atoms with Gasteiger partial charge in [-0.25, -0.2) is 4.31 Å². The van der Waals surface area contributed by atoms with Crippen LogP contribution in [0.25, 0.3) is 0 Å². The summed E-state index contributed by atoms with van der Waals surface area (Å²) >= 11 is 1.85. The van der Waals surface area contributed by atoms with Crippen molar-refractivity contribution in [2.24, 2.45) is 5.92 Å². The lowest BCUT2D eigenvalue weighted by atomic mass is 10.2. The molecule has 1 aromatic rings. The first-order valence-electron chi connectivity index (χ1n) is 5.35. The first-order valence-corrected chi connectivity index (χ1v) is 6.12. The summed E-state index contributed by atoms with van der Waals surface area (Å²) in [5.41, 5.74) is 0. The van der Waals surface area contributed by atoms with Gasteiger partial charge in [0.2, 0.25) is 0 Å². The Labute approximate surface area is 95.7 Å². The third-order valence-electron chi connectivity index (χ3n) is 2.68. The maximum atomic E-state index is 5.13. The van der Waals surface area contributed by atoms with Crippen LogP contribution in [0, 0.1) is 5.92 Å². The maximum absolute atomic E-state index is 5.13. The van der Waals surface area contributed by atoms with Crippen LogP contribution in [-0.2, 0) is 0 Å². The molecule has 0 aliphatic carbocycles. The first-order chi connectivity index (χ1) is 7.28. The molecule has 0 radical (unpaired) electrons. The van der Waals surface area contributed by atoms with Crippen molar-refractivity contribution in [3.05, 3.63) is 24.3 Å². The van der Waals surface area contributed by atoms with Gasteiger partial charge in [-0.2, -0.15) is 0 Å². The highest BCUT2D eigenvalue weighted by Gasteiger charge is 2.19. The van der Waals surface area contributed by atoms with E-state index >= 15 is 0 Å². The Balaban J connectivity index is 1.93. The summed E-state index contributed by atoms with van der Waals surface area (Å²) in [5, 5.41) is 0. The molecule has 0 N–H and O–H groups in total. The summed E-state index contributed by atoms with van der Waals surface area (Å²) in [6.07, 6.45) is 1.32. The Hall–Kier alpha value is -0.670. The highest BCUT2D eigenvalue weighted by Crippen LogP contribution is 2.29. The highest BCUT2D eigenvalue weighted by atomic mass is 32.2. The molecule has 0 saturated carbocycles. The Morgan fingerprint density at radius 3 is 2.60 bits per heavy atom. The summed E-state index contributed by atoms with van der Waals surface area (Å²) in [4.78, 5) is 1.30. The van der Waals surface area contributed by atoms with E-state index in [1.807, 2.05) is 24.1 Å². The van der Waals surface area contributed by atoms with Crippen molar-refractivity contribution in [2.75, 3.05) is 20.2 Å². The molecular weight excluding hydrogens is 206 g/mol. The van der Waals surface area contributed by atoms with Crippen LogP contribution < -0.4 is 4.74 Å². The predicted octanol–water partition coefficient (Wildman–Crippen LogP) is 3.04. The van der Waals surface area contributed by atoms with Crippen LogP contribution in [0.5, 0.6) is 5.75 Å². The van der Waals surface area contributed by atoms with E-state index in [0.29, 0.717) is 0 Å². The van der Waals surface area contributed by atoms with E-state index in [-0.39, 0.29) is 0 Å². The van der Waals surface area contributed by atoms with Crippen LogP contribution in [-0.4, -0.2) is 24.5 Å². The van der Waals surface area contributed by atoms with Crippen molar-refractivity contribution in [3.8, 4) is 5.75 Å². The number of hydrogen-bond acceptors (Lipinski definition) is 3. The molecule has 15 heavy (non-hydrogen) atoms. The fourth-order valence-corrected chi connectivity index (χ4v) is 2.84. The molecule has 1 aliphatic rings. The lowest BCUT2D eigenvalue weighted by Gasteiger charge is -2.13. The van der Waals surface area contributed by atoms with Gasteiger partial charge >= 0.3 is 0 Å². The van der Waals surface area contributed by atoms with Crippen molar-refractivity contribution in [2.45, 2.75) is 18.2 Å². The quantitative estimate of drug-likeness (QED) is 0.731. The van der Waals surface area contributed by atoms with Crippen LogP contribution in [0.2, 0.25) is 0 Å². The van der Waals surface area contributed by atoms with Gasteiger partial charge in [-0.1, -0.05) is 6.92 Å². The zero-order valence-electron chi connectivity index (χ0n) is 9.27. The zero-order valence-corrected chi connectivity index (χ0v) is 10.1. The average Bonchev–Trinajstić information content (AvgIpc) is 2.65. The van der Waals surface area contributed by atoms with Gasteiger partial charge in [-0.3, -0.25) is 0 Å². The summed E-state index contributed by atoms with van der Waals surface area (Å²) in [6, 6.07) is 8.27. The first kappa shape index (κ1) is 10.8. The highest BCUT2D eigenvalue weighted by molar-refractivity contribution is 7.97. The molecule has 3 heteroatoms. The second-order valence-corrected chi connectivity index (χ2v) is 5.22.